The van der Waals surface area contributed by atoms with Crippen molar-refractivity contribution in [3.8, 4) is 0 Å². The van der Waals surface area contributed by atoms with E-state index >= 15 is 0 Å². The van der Waals surface area contributed by atoms with Crippen LogP contribution >= 0.6 is 0 Å². The molecule has 0 amide bonds. The van der Waals surface area contributed by atoms with Gasteiger partial charge in [0.25, 0.3) is 0 Å². The lowest BCUT2D eigenvalue weighted by molar-refractivity contribution is -0.139. The molecule has 4 nitrogen and oxygen atoms in total. The highest BCUT2D eigenvalue weighted by Gasteiger charge is 2.23. The highest BCUT2D eigenvalue weighted by atomic mass is 16.5. The average molecular weight is 263 g/mol. The average Bonchev–Trinajstić information content (AvgIpc) is 2.80. The summed E-state index contributed by atoms with van der Waals surface area (Å²) in [5.41, 5.74) is 2.98. The van der Waals surface area contributed by atoms with Gasteiger partial charge in [-0.25, -0.2) is 0 Å². The summed E-state index contributed by atoms with van der Waals surface area (Å²) in [7, 11) is 0. The Morgan fingerprint density at radius 1 is 1.42 bits per heavy atom. The van der Waals surface area contributed by atoms with Crippen molar-refractivity contribution >= 4 is 5.97 Å². The van der Waals surface area contributed by atoms with E-state index in [1.165, 1.54) is 0 Å². The van der Waals surface area contributed by atoms with Crippen molar-refractivity contribution in [1.29, 1.82) is 0 Å². The van der Waals surface area contributed by atoms with E-state index in [4.69, 9.17) is 4.74 Å². The Morgan fingerprint density at radius 2 is 2.11 bits per heavy atom. The molecule has 0 aromatic heterocycles. The largest absolute Gasteiger partial charge is 0.480 e. The summed E-state index contributed by atoms with van der Waals surface area (Å²) in [5.74, 6) is -0.844. The predicted molar refractivity (Wildman–Crippen MR) is 73.3 cm³/mol. The Balaban J connectivity index is 2.07. The first-order valence-corrected chi connectivity index (χ1v) is 6.72. The predicted octanol–water partition coefficient (Wildman–Crippen LogP) is 2.20. The van der Waals surface area contributed by atoms with Gasteiger partial charge in [-0.3, -0.25) is 10.1 Å². The van der Waals surface area contributed by atoms with Crippen molar-refractivity contribution in [2.24, 2.45) is 0 Å². The lowest BCUT2D eigenvalue weighted by Crippen LogP contribution is -2.34. The van der Waals surface area contributed by atoms with E-state index in [0.29, 0.717) is 6.54 Å². The number of hydrogen-bond acceptors (Lipinski definition) is 3. The van der Waals surface area contributed by atoms with Gasteiger partial charge in [0, 0.05) is 13.2 Å². The molecular formula is C15H21NO3. The number of carboxylic acids is 1. The van der Waals surface area contributed by atoms with Gasteiger partial charge in [-0.2, -0.15) is 0 Å². The van der Waals surface area contributed by atoms with E-state index < -0.39 is 12.0 Å². The van der Waals surface area contributed by atoms with Gasteiger partial charge in [-0.05, 0) is 32.3 Å². The molecule has 19 heavy (non-hydrogen) atoms. The van der Waals surface area contributed by atoms with Gasteiger partial charge < -0.3 is 9.84 Å². The summed E-state index contributed by atoms with van der Waals surface area (Å²) in [6, 6.07) is 5.23. The topological polar surface area (TPSA) is 58.6 Å². The molecule has 0 radical (unpaired) electrons. The number of carboxylic acid groups (broad SMARTS) is 1. The van der Waals surface area contributed by atoms with Crippen molar-refractivity contribution in [1.82, 2.24) is 5.32 Å². The van der Waals surface area contributed by atoms with E-state index in [9.17, 15) is 9.90 Å². The zero-order chi connectivity index (χ0) is 13.8. The third kappa shape index (κ3) is 3.78. The fourth-order valence-corrected chi connectivity index (χ4v) is 2.58. The third-order valence-corrected chi connectivity index (χ3v) is 3.40. The first-order valence-electron chi connectivity index (χ1n) is 6.72. The summed E-state index contributed by atoms with van der Waals surface area (Å²) in [6.07, 6.45) is 2.22. The van der Waals surface area contributed by atoms with Crippen molar-refractivity contribution in [2.75, 3.05) is 13.2 Å². The fraction of sp³-hybridized carbons (Fsp3) is 0.533. The molecule has 1 saturated heterocycles. The van der Waals surface area contributed by atoms with Gasteiger partial charge in [0.05, 0.1) is 6.10 Å². The SMILES string of the molecule is Cc1cc(C)cc(C(NCC2CCCO2)C(=O)O)c1. The van der Waals surface area contributed by atoms with Crippen LogP contribution in [0.25, 0.3) is 0 Å². The van der Waals surface area contributed by atoms with Crippen molar-refractivity contribution in [3.63, 3.8) is 0 Å². The lowest BCUT2D eigenvalue weighted by Gasteiger charge is -2.18. The molecule has 104 valence electrons. The molecule has 0 spiro atoms. The van der Waals surface area contributed by atoms with Gasteiger partial charge in [-0.15, -0.1) is 0 Å². The Hall–Kier alpha value is -1.39. The van der Waals surface area contributed by atoms with Crippen LogP contribution in [-0.2, 0) is 9.53 Å². The summed E-state index contributed by atoms with van der Waals surface area (Å²) >= 11 is 0. The first kappa shape index (κ1) is 14.0. The van der Waals surface area contributed by atoms with Crippen LogP contribution in [0.1, 0.15) is 35.6 Å². The third-order valence-electron chi connectivity index (χ3n) is 3.40. The normalized spacial score (nSPS) is 20.4. The second-order valence-corrected chi connectivity index (χ2v) is 5.24. The van der Waals surface area contributed by atoms with Crippen molar-refractivity contribution < 1.29 is 14.6 Å². The standard InChI is InChI=1S/C15H21NO3/c1-10-6-11(2)8-12(7-10)14(15(17)18)16-9-13-4-3-5-19-13/h6-8,13-14,16H,3-5,9H2,1-2H3,(H,17,18). The molecule has 0 bridgehead atoms. The van der Waals surface area contributed by atoms with Crippen LogP contribution < -0.4 is 5.32 Å². The van der Waals surface area contributed by atoms with Crippen molar-refractivity contribution in [2.45, 2.75) is 38.8 Å². The van der Waals surface area contributed by atoms with Crippen LogP contribution in [0.5, 0.6) is 0 Å². The summed E-state index contributed by atoms with van der Waals surface area (Å²) in [4.78, 5) is 11.4. The molecular weight excluding hydrogens is 242 g/mol. The fourth-order valence-electron chi connectivity index (χ4n) is 2.58. The second-order valence-electron chi connectivity index (χ2n) is 5.24. The maximum Gasteiger partial charge on any atom is 0.325 e. The maximum atomic E-state index is 11.4. The van der Waals surface area contributed by atoms with Gasteiger partial charge in [0.15, 0.2) is 0 Å². The summed E-state index contributed by atoms with van der Waals surface area (Å²) in [5, 5.41) is 12.5. The highest BCUT2D eigenvalue weighted by molar-refractivity contribution is 5.75. The summed E-state index contributed by atoms with van der Waals surface area (Å²) in [6.45, 7) is 5.34. The molecule has 4 heteroatoms. The van der Waals surface area contributed by atoms with Gasteiger partial charge >= 0.3 is 5.97 Å². The Bertz CT molecular complexity index is 432. The number of nitrogens with one attached hydrogen (secondary N) is 1. The highest BCUT2D eigenvalue weighted by Crippen LogP contribution is 2.19. The van der Waals surface area contributed by atoms with Crippen LogP contribution in [0.3, 0.4) is 0 Å². The van der Waals surface area contributed by atoms with Crippen molar-refractivity contribution in [3.05, 3.63) is 34.9 Å². The molecule has 1 aliphatic heterocycles. The molecule has 2 unspecified atom stereocenters. The number of aryl methyl sites for hydroxylation is 2. The van der Waals surface area contributed by atoms with E-state index in [-0.39, 0.29) is 6.10 Å². The zero-order valence-electron chi connectivity index (χ0n) is 11.5. The van der Waals surface area contributed by atoms with E-state index in [0.717, 1.165) is 36.1 Å². The smallest absolute Gasteiger partial charge is 0.325 e. The minimum Gasteiger partial charge on any atom is -0.480 e. The molecule has 0 aliphatic carbocycles. The number of carbonyl (C=O) groups is 1. The number of benzene rings is 1. The Labute approximate surface area is 113 Å². The summed E-state index contributed by atoms with van der Waals surface area (Å²) < 4.78 is 5.51. The van der Waals surface area contributed by atoms with Crippen LogP contribution in [0.2, 0.25) is 0 Å². The Morgan fingerprint density at radius 3 is 2.63 bits per heavy atom. The minimum absolute atomic E-state index is 0.146. The van der Waals surface area contributed by atoms with Gasteiger partial charge in [0.2, 0.25) is 0 Å². The molecule has 1 heterocycles. The molecule has 2 N–H and O–H groups in total. The molecule has 0 saturated carbocycles. The molecule has 2 atom stereocenters. The monoisotopic (exact) mass is 263 g/mol. The minimum atomic E-state index is -0.844. The zero-order valence-corrected chi connectivity index (χ0v) is 11.5. The quantitative estimate of drug-likeness (QED) is 0.855. The van der Waals surface area contributed by atoms with E-state index in [1.807, 2.05) is 32.0 Å². The first-order chi connectivity index (χ1) is 9.06. The number of rotatable bonds is 5. The van der Waals surface area contributed by atoms with E-state index in [1.54, 1.807) is 0 Å². The van der Waals surface area contributed by atoms with Crippen LogP contribution in [0, 0.1) is 13.8 Å². The molecule has 1 fully saturated rings. The molecule has 2 rings (SSSR count). The van der Waals surface area contributed by atoms with Crippen LogP contribution in [-0.4, -0.2) is 30.3 Å². The molecule has 1 aromatic carbocycles. The molecule has 1 aromatic rings. The number of aliphatic carboxylic acids is 1. The van der Waals surface area contributed by atoms with Crippen LogP contribution in [0.15, 0.2) is 18.2 Å². The lowest BCUT2D eigenvalue weighted by atomic mass is 10.0. The second kappa shape index (κ2) is 6.17. The Kier molecular flexibility index (Phi) is 4.56. The van der Waals surface area contributed by atoms with E-state index in [2.05, 4.69) is 5.32 Å². The molecule has 1 aliphatic rings. The van der Waals surface area contributed by atoms with Gasteiger partial charge in [-0.1, -0.05) is 29.3 Å². The maximum absolute atomic E-state index is 11.4. The number of ether oxygens (including phenoxy) is 1. The van der Waals surface area contributed by atoms with Gasteiger partial charge in [0.1, 0.15) is 6.04 Å². The number of hydrogen-bond donors (Lipinski definition) is 2. The van der Waals surface area contributed by atoms with Crippen LogP contribution in [0.4, 0.5) is 0 Å².